The lowest BCUT2D eigenvalue weighted by Crippen LogP contribution is -2.33. The van der Waals surface area contributed by atoms with Gasteiger partial charge in [0.2, 0.25) is 5.76 Å². The number of hydrogen-bond donors (Lipinski definition) is 3. The van der Waals surface area contributed by atoms with Crippen molar-refractivity contribution in [2.45, 2.75) is 57.3 Å². The van der Waals surface area contributed by atoms with Crippen molar-refractivity contribution in [1.82, 2.24) is 5.32 Å². The van der Waals surface area contributed by atoms with E-state index >= 15 is 0 Å². The van der Waals surface area contributed by atoms with Gasteiger partial charge < -0.3 is 20.9 Å². The Morgan fingerprint density at radius 2 is 1.90 bits per heavy atom. The van der Waals surface area contributed by atoms with E-state index in [9.17, 15) is 9.59 Å². The summed E-state index contributed by atoms with van der Waals surface area (Å²) in [7, 11) is 0. The van der Waals surface area contributed by atoms with E-state index in [2.05, 4.69) is 40.0 Å². The normalized spacial score (nSPS) is 16.1. The molecule has 0 aromatic heterocycles. The topological polar surface area (TPSA) is 102 Å². The molecule has 1 aromatic rings. The number of carboxylic acids is 1. The maximum Gasteiger partial charge on any atom is 0.355 e. The first-order chi connectivity index (χ1) is 13.8. The Morgan fingerprint density at radius 3 is 2.45 bits per heavy atom. The first kappa shape index (κ1) is 23.0. The van der Waals surface area contributed by atoms with Crippen LogP contribution in [0.3, 0.4) is 0 Å². The number of aliphatic carboxylic acids is 1. The van der Waals surface area contributed by atoms with E-state index in [1.165, 1.54) is 5.56 Å². The number of benzene rings is 1. The van der Waals surface area contributed by atoms with Gasteiger partial charge in [0, 0.05) is 15.6 Å². The van der Waals surface area contributed by atoms with Gasteiger partial charge in [-0.05, 0) is 43.4 Å². The largest absolute Gasteiger partial charge is 0.486 e. The van der Waals surface area contributed by atoms with Crippen molar-refractivity contribution < 1.29 is 19.4 Å². The minimum Gasteiger partial charge on any atom is -0.486 e. The number of amides is 1. The SMILES string of the molecule is C=C(CC1(c2ccc(Br)cc2)CCCC1)NC(=O)/C(OCCCC)=C(\N)C(=O)O. The lowest BCUT2D eigenvalue weighted by atomic mass is 9.75. The first-order valence-corrected chi connectivity index (χ1v) is 10.7. The highest BCUT2D eigenvalue weighted by molar-refractivity contribution is 9.10. The van der Waals surface area contributed by atoms with Gasteiger partial charge in [0.25, 0.3) is 5.91 Å². The van der Waals surface area contributed by atoms with Crippen molar-refractivity contribution in [1.29, 1.82) is 0 Å². The van der Waals surface area contributed by atoms with Crippen LogP contribution in [-0.4, -0.2) is 23.6 Å². The molecule has 0 aliphatic heterocycles. The lowest BCUT2D eigenvalue weighted by molar-refractivity contribution is -0.134. The number of carboxylic acid groups (broad SMARTS) is 1. The Morgan fingerprint density at radius 1 is 1.28 bits per heavy atom. The molecule has 0 heterocycles. The molecule has 1 aliphatic carbocycles. The van der Waals surface area contributed by atoms with E-state index in [1.54, 1.807) is 0 Å². The van der Waals surface area contributed by atoms with Crippen molar-refractivity contribution in [2.75, 3.05) is 6.61 Å². The number of nitrogens with two attached hydrogens (primary N) is 1. The van der Waals surface area contributed by atoms with Gasteiger partial charge in [0.15, 0.2) is 5.70 Å². The molecule has 0 radical (unpaired) electrons. The van der Waals surface area contributed by atoms with Gasteiger partial charge >= 0.3 is 5.97 Å². The number of nitrogens with one attached hydrogen (secondary N) is 1. The third-order valence-electron chi connectivity index (χ3n) is 5.28. The van der Waals surface area contributed by atoms with Crippen molar-refractivity contribution in [3.05, 3.63) is 58.0 Å². The van der Waals surface area contributed by atoms with Crippen LogP contribution in [0.25, 0.3) is 0 Å². The van der Waals surface area contributed by atoms with Crippen LogP contribution < -0.4 is 11.1 Å². The summed E-state index contributed by atoms with van der Waals surface area (Å²) in [6, 6.07) is 8.25. The second-order valence-electron chi connectivity index (χ2n) is 7.48. The molecule has 4 N–H and O–H groups in total. The van der Waals surface area contributed by atoms with E-state index in [-0.39, 0.29) is 17.8 Å². The highest BCUT2D eigenvalue weighted by Gasteiger charge is 2.36. The number of allylic oxidation sites excluding steroid dienone is 1. The number of halogens is 1. The summed E-state index contributed by atoms with van der Waals surface area (Å²) in [5, 5.41) is 11.9. The van der Waals surface area contributed by atoms with Gasteiger partial charge in [0.05, 0.1) is 6.61 Å². The minimum absolute atomic E-state index is 0.0870. The Hall–Kier alpha value is -2.28. The molecule has 7 heteroatoms. The van der Waals surface area contributed by atoms with Crippen molar-refractivity contribution in [2.24, 2.45) is 5.73 Å². The molecule has 1 fully saturated rings. The van der Waals surface area contributed by atoms with Gasteiger partial charge in [-0.3, -0.25) is 4.79 Å². The average molecular weight is 465 g/mol. The minimum atomic E-state index is -1.39. The van der Waals surface area contributed by atoms with E-state index in [0.717, 1.165) is 36.6 Å². The standard InChI is InChI=1S/C22H29BrN2O4/c1-3-4-13-29-19(18(24)21(27)28)20(26)25-15(2)14-22(11-5-6-12-22)16-7-9-17(23)10-8-16/h7-10H,2-6,11-14,24H2,1H3,(H,25,26)(H,27,28)/b19-18+. The number of ether oxygens (including phenoxy) is 1. The monoisotopic (exact) mass is 464 g/mol. The molecule has 158 valence electrons. The van der Waals surface area contributed by atoms with Crippen LogP contribution >= 0.6 is 15.9 Å². The second-order valence-corrected chi connectivity index (χ2v) is 8.39. The Labute approximate surface area is 180 Å². The summed E-state index contributed by atoms with van der Waals surface area (Å²) >= 11 is 3.47. The highest BCUT2D eigenvalue weighted by atomic mass is 79.9. The van der Waals surface area contributed by atoms with Crippen LogP contribution in [0.1, 0.15) is 57.4 Å². The number of carbonyl (C=O) groups is 2. The molecule has 6 nitrogen and oxygen atoms in total. The van der Waals surface area contributed by atoms with Crippen LogP contribution in [0.2, 0.25) is 0 Å². The fourth-order valence-electron chi connectivity index (χ4n) is 3.77. The maximum atomic E-state index is 12.6. The van der Waals surface area contributed by atoms with Crippen molar-refractivity contribution in [3.63, 3.8) is 0 Å². The van der Waals surface area contributed by atoms with Gasteiger partial charge in [-0.15, -0.1) is 0 Å². The maximum absolute atomic E-state index is 12.6. The third kappa shape index (κ3) is 6.10. The lowest BCUT2D eigenvalue weighted by Gasteiger charge is -2.31. The number of hydrogen-bond acceptors (Lipinski definition) is 4. The molecule has 0 atom stereocenters. The molecule has 1 saturated carbocycles. The van der Waals surface area contributed by atoms with Crippen LogP contribution in [0.5, 0.6) is 0 Å². The highest BCUT2D eigenvalue weighted by Crippen LogP contribution is 2.45. The quantitative estimate of drug-likeness (QED) is 0.271. The molecule has 1 aromatic carbocycles. The summed E-state index contributed by atoms with van der Waals surface area (Å²) in [5.41, 5.74) is 6.62. The Bertz CT molecular complexity index is 781. The summed E-state index contributed by atoms with van der Waals surface area (Å²) < 4.78 is 6.39. The Balaban J connectivity index is 2.14. The average Bonchev–Trinajstić information content (AvgIpc) is 3.14. The molecule has 0 spiro atoms. The zero-order valence-corrected chi connectivity index (χ0v) is 18.4. The number of rotatable bonds is 10. The zero-order valence-electron chi connectivity index (χ0n) is 16.8. The summed E-state index contributed by atoms with van der Waals surface area (Å²) in [6.45, 7) is 6.22. The molecule has 0 unspecified atom stereocenters. The van der Waals surface area contributed by atoms with E-state index in [0.29, 0.717) is 18.5 Å². The smallest absolute Gasteiger partial charge is 0.355 e. The van der Waals surface area contributed by atoms with Gasteiger partial charge in [-0.1, -0.05) is 60.8 Å². The van der Waals surface area contributed by atoms with E-state index in [4.69, 9.17) is 15.6 Å². The first-order valence-electron chi connectivity index (χ1n) is 9.90. The second kappa shape index (κ2) is 10.5. The van der Waals surface area contributed by atoms with Crippen LogP contribution in [0, 0.1) is 0 Å². The zero-order chi connectivity index (χ0) is 21.4. The van der Waals surface area contributed by atoms with Crippen LogP contribution in [0.15, 0.2) is 52.5 Å². The molecule has 0 saturated heterocycles. The predicted molar refractivity (Wildman–Crippen MR) is 116 cm³/mol. The van der Waals surface area contributed by atoms with Crippen LogP contribution in [0.4, 0.5) is 0 Å². The number of carbonyl (C=O) groups excluding carboxylic acids is 1. The molecule has 29 heavy (non-hydrogen) atoms. The summed E-state index contributed by atoms with van der Waals surface area (Å²) in [6.07, 6.45) is 6.38. The van der Waals surface area contributed by atoms with E-state index < -0.39 is 17.6 Å². The predicted octanol–water partition coefficient (Wildman–Crippen LogP) is 4.35. The summed E-state index contributed by atoms with van der Waals surface area (Å²) in [4.78, 5) is 23.9. The van der Waals surface area contributed by atoms with Crippen molar-refractivity contribution >= 4 is 27.8 Å². The van der Waals surface area contributed by atoms with Gasteiger partial charge in [-0.2, -0.15) is 0 Å². The van der Waals surface area contributed by atoms with Crippen LogP contribution in [-0.2, 0) is 19.7 Å². The molecule has 2 rings (SSSR count). The van der Waals surface area contributed by atoms with E-state index in [1.807, 2.05) is 19.1 Å². The van der Waals surface area contributed by atoms with Gasteiger partial charge in [-0.25, -0.2) is 4.79 Å². The fraction of sp³-hybridized carbons (Fsp3) is 0.455. The molecule has 1 aliphatic rings. The molecule has 0 bridgehead atoms. The molecule has 1 amide bonds. The van der Waals surface area contributed by atoms with Crippen molar-refractivity contribution in [3.8, 4) is 0 Å². The number of unbranched alkanes of at least 4 members (excludes halogenated alkanes) is 1. The van der Waals surface area contributed by atoms with Gasteiger partial charge in [0.1, 0.15) is 0 Å². The third-order valence-corrected chi connectivity index (χ3v) is 5.81. The summed E-state index contributed by atoms with van der Waals surface area (Å²) in [5.74, 6) is -2.43. The Kier molecular flexibility index (Phi) is 8.32. The molecular formula is C22H29BrN2O4. The fourth-order valence-corrected chi connectivity index (χ4v) is 4.04. The molecular weight excluding hydrogens is 436 g/mol.